The lowest BCUT2D eigenvalue weighted by Gasteiger charge is -2.07. The SMILES string of the molecule is O=C(CSc1ccccc1C(=O)O)NC(=O)NC1CC1. The molecule has 0 heterocycles. The van der Waals surface area contributed by atoms with Crippen molar-refractivity contribution < 1.29 is 19.5 Å². The predicted molar refractivity (Wildman–Crippen MR) is 73.8 cm³/mol. The van der Waals surface area contributed by atoms with Gasteiger partial charge in [-0.15, -0.1) is 11.8 Å². The Hall–Kier alpha value is -2.02. The summed E-state index contributed by atoms with van der Waals surface area (Å²) in [4.78, 5) is 34.4. The molecule has 1 aliphatic rings. The summed E-state index contributed by atoms with van der Waals surface area (Å²) >= 11 is 1.09. The van der Waals surface area contributed by atoms with Gasteiger partial charge in [0.05, 0.1) is 11.3 Å². The summed E-state index contributed by atoms with van der Waals surface area (Å²) < 4.78 is 0. The summed E-state index contributed by atoms with van der Waals surface area (Å²) in [5.74, 6) is -1.50. The van der Waals surface area contributed by atoms with Crippen molar-refractivity contribution >= 4 is 29.7 Å². The van der Waals surface area contributed by atoms with Crippen LogP contribution >= 0.6 is 11.8 Å². The number of carbonyl (C=O) groups excluding carboxylic acids is 2. The first kappa shape index (κ1) is 14.4. The first-order valence-corrected chi connectivity index (χ1v) is 7.10. The Balaban J connectivity index is 1.83. The number of carboxylic acids is 1. The van der Waals surface area contributed by atoms with E-state index in [0.29, 0.717) is 4.90 Å². The number of thioether (sulfide) groups is 1. The minimum atomic E-state index is -1.04. The molecule has 106 valence electrons. The number of benzene rings is 1. The maximum Gasteiger partial charge on any atom is 0.336 e. The van der Waals surface area contributed by atoms with Gasteiger partial charge in [0.1, 0.15) is 0 Å². The van der Waals surface area contributed by atoms with Crippen LogP contribution in [0.1, 0.15) is 23.2 Å². The molecule has 3 amide bonds. The van der Waals surface area contributed by atoms with Crippen LogP contribution in [0.3, 0.4) is 0 Å². The Bertz CT molecular complexity index is 543. The van der Waals surface area contributed by atoms with E-state index in [0.717, 1.165) is 24.6 Å². The fraction of sp³-hybridized carbons (Fsp3) is 0.308. The second kappa shape index (κ2) is 6.42. The maximum atomic E-state index is 11.6. The third-order valence-electron chi connectivity index (χ3n) is 2.64. The fourth-order valence-electron chi connectivity index (χ4n) is 1.52. The summed E-state index contributed by atoms with van der Waals surface area (Å²) in [7, 11) is 0. The average Bonchev–Trinajstić information content (AvgIpc) is 3.20. The smallest absolute Gasteiger partial charge is 0.336 e. The van der Waals surface area contributed by atoms with Gasteiger partial charge in [0, 0.05) is 10.9 Å². The van der Waals surface area contributed by atoms with E-state index in [-0.39, 0.29) is 17.4 Å². The molecule has 3 N–H and O–H groups in total. The van der Waals surface area contributed by atoms with Crippen molar-refractivity contribution in [2.24, 2.45) is 0 Å². The summed E-state index contributed by atoms with van der Waals surface area (Å²) in [6.07, 6.45) is 1.89. The number of carbonyl (C=O) groups is 3. The minimum absolute atomic E-state index is 0.0115. The van der Waals surface area contributed by atoms with Crippen LogP contribution in [0.4, 0.5) is 4.79 Å². The highest BCUT2D eigenvalue weighted by molar-refractivity contribution is 8.00. The molecule has 7 heteroatoms. The Labute approximate surface area is 119 Å². The summed E-state index contributed by atoms with van der Waals surface area (Å²) in [6.45, 7) is 0. The van der Waals surface area contributed by atoms with Crippen LogP contribution in [0.5, 0.6) is 0 Å². The molecule has 20 heavy (non-hydrogen) atoms. The van der Waals surface area contributed by atoms with Crippen LogP contribution in [0, 0.1) is 0 Å². The lowest BCUT2D eigenvalue weighted by molar-refractivity contribution is -0.117. The molecule has 1 fully saturated rings. The van der Waals surface area contributed by atoms with Crippen molar-refractivity contribution in [2.75, 3.05) is 5.75 Å². The standard InChI is InChI=1S/C13H14N2O4S/c16-11(15-13(19)14-8-5-6-8)7-20-10-4-2-1-3-9(10)12(17)18/h1-4,8H,5-7H2,(H,17,18)(H2,14,15,16,19). The van der Waals surface area contributed by atoms with E-state index in [1.165, 1.54) is 6.07 Å². The number of hydrogen-bond acceptors (Lipinski definition) is 4. The van der Waals surface area contributed by atoms with Crippen LogP contribution in [-0.2, 0) is 4.79 Å². The fourth-order valence-corrected chi connectivity index (χ4v) is 2.37. The number of imide groups is 1. The van der Waals surface area contributed by atoms with Crippen LogP contribution in [0.25, 0.3) is 0 Å². The Morgan fingerprint density at radius 3 is 2.60 bits per heavy atom. The Morgan fingerprint density at radius 1 is 1.25 bits per heavy atom. The van der Waals surface area contributed by atoms with Gasteiger partial charge >= 0.3 is 12.0 Å². The zero-order chi connectivity index (χ0) is 14.5. The van der Waals surface area contributed by atoms with Crippen molar-refractivity contribution in [1.29, 1.82) is 0 Å². The first-order chi connectivity index (χ1) is 9.56. The largest absolute Gasteiger partial charge is 0.478 e. The lowest BCUT2D eigenvalue weighted by atomic mass is 10.2. The van der Waals surface area contributed by atoms with Gasteiger partial charge in [0.2, 0.25) is 5.91 Å². The molecule has 0 radical (unpaired) electrons. The maximum absolute atomic E-state index is 11.6. The van der Waals surface area contributed by atoms with Gasteiger partial charge in [-0.3, -0.25) is 10.1 Å². The van der Waals surface area contributed by atoms with Crippen molar-refractivity contribution in [3.63, 3.8) is 0 Å². The van der Waals surface area contributed by atoms with E-state index in [1.807, 2.05) is 0 Å². The van der Waals surface area contributed by atoms with Gasteiger partial charge in [0.15, 0.2) is 0 Å². The van der Waals surface area contributed by atoms with Crippen molar-refractivity contribution in [3.8, 4) is 0 Å². The van der Waals surface area contributed by atoms with Crippen LogP contribution in [0.2, 0.25) is 0 Å². The number of aromatic carboxylic acids is 1. The van der Waals surface area contributed by atoms with Crippen molar-refractivity contribution in [3.05, 3.63) is 29.8 Å². The highest BCUT2D eigenvalue weighted by Crippen LogP contribution is 2.22. The quantitative estimate of drug-likeness (QED) is 0.715. The zero-order valence-corrected chi connectivity index (χ0v) is 11.4. The topological polar surface area (TPSA) is 95.5 Å². The molecule has 0 unspecified atom stereocenters. The highest BCUT2D eigenvalue weighted by Gasteiger charge is 2.23. The summed E-state index contributed by atoms with van der Waals surface area (Å²) in [6, 6.07) is 6.12. The van der Waals surface area contributed by atoms with Crippen LogP contribution in [-0.4, -0.2) is 34.8 Å². The molecule has 0 atom stereocenters. The van der Waals surface area contributed by atoms with Crippen molar-refractivity contribution in [1.82, 2.24) is 10.6 Å². The van der Waals surface area contributed by atoms with Gasteiger partial charge in [-0.1, -0.05) is 12.1 Å². The Kier molecular flexibility index (Phi) is 4.62. The third-order valence-corrected chi connectivity index (χ3v) is 3.72. The molecule has 2 rings (SSSR count). The lowest BCUT2D eigenvalue weighted by Crippen LogP contribution is -2.41. The summed E-state index contributed by atoms with van der Waals surface area (Å²) in [5.41, 5.74) is 0.146. The molecular weight excluding hydrogens is 280 g/mol. The Morgan fingerprint density at radius 2 is 1.95 bits per heavy atom. The predicted octanol–water partition coefficient (Wildman–Crippen LogP) is 1.47. The second-order valence-electron chi connectivity index (χ2n) is 4.39. The number of hydrogen-bond donors (Lipinski definition) is 3. The van der Waals surface area contributed by atoms with E-state index < -0.39 is 17.9 Å². The van der Waals surface area contributed by atoms with E-state index in [9.17, 15) is 14.4 Å². The average molecular weight is 294 g/mol. The van der Waals surface area contributed by atoms with Crippen molar-refractivity contribution in [2.45, 2.75) is 23.8 Å². The zero-order valence-electron chi connectivity index (χ0n) is 10.6. The van der Waals surface area contributed by atoms with E-state index >= 15 is 0 Å². The normalized spacial score (nSPS) is 13.6. The van der Waals surface area contributed by atoms with Gasteiger partial charge in [-0.2, -0.15) is 0 Å². The molecular formula is C13H14N2O4S. The van der Waals surface area contributed by atoms with E-state index in [4.69, 9.17) is 5.11 Å². The molecule has 0 saturated heterocycles. The molecule has 1 aliphatic carbocycles. The third kappa shape index (κ3) is 4.27. The molecule has 0 bridgehead atoms. The molecule has 1 saturated carbocycles. The molecule has 1 aromatic rings. The number of amides is 3. The second-order valence-corrected chi connectivity index (χ2v) is 5.40. The van der Waals surface area contributed by atoms with Crippen LogP contribution in [0.15, 0.2) is 29.2 Å². The molecule has 0 aliphatic heterocycles. The van der Waals surface area contributed by atoms with Gasteiger partial charge < -0.3 is 10.4 Å². The molecule has 6 nitrogen and oxygen atoms in total. The number of nitrogens with one attached hydrogen (secondary N) is 2. The number of urea groups is 1. The monoisotopic (exact) mass is 294 g/mol. The minimum Gasteiger partial charge on any atom is -0.478 e. The van der Waals surface area contributed by atoms with E-state index in [2.05, 4.69) is 10.6 Å². The molecule has 1 aromatic carbocycles. The van der Waals surface area contributed by atoms with Gasteiger partial charge in [0.25, 0.3) is 0 Å². The van der Waals surface area contributed by atoms with Gasteiger partial charge in [-0.05, 0) is 25.0 Å². The first-order valence-electron chi connectivity index (χ1n) is 6.11. The molecule has 0 aromatic heterocycles. The number of carboxylic acid groups (broad SMARTS) is 1. The van der Waals surface area contributed by atoms with Crippen LogP contribution < -0.4 is 10.6 Å². The summed E-state index contributed by atoms with van der Waals surface area (Å²) in [5, 5.41) is 13.9. The highest BCUT2D eigenvalue weighted by atomic mass is 32.2. The number of rotatable bonds is 5. The van der Waals surface area contributed by atoms with E-state index in [1.54, 1.807) is 18.2 Å². The van der Waals surface area contributed by atoms with Gasteiger partial charge in [-0.25, -0.2) is 9.59 Å². The molecule has 0 spiro atoms.